The van der Waals surface area contributed by atoms with Crippen molar-refractivity contribution >= 4 is 0 Å². The third-order valence-corrected chi connectivity index (χ3v) is 2.22. The molecule has 0 amide bonds. The predicted octanol–water partition coefficient (Wildman–Crippen LogP) is 1.97. The smallest absolute Gasteiger partial charge is 0.240 e. The molecule has 2 aromatic rings. The molecule has 0 spiro atoms. The molecule has 0 fully saturated rings. The topological polar surface area (TPSA) is 39.9 Å². The van der Waals surface area contributed by atoms with E-state index < -0.39 is 0 Å². The van der Waals surface area contributed by atoms with Gasteiger partial charge in [0.1, 0.15) is 0 Å². The number of hydrogen-bond donors (Lipinski definition) is 0. The average molecular weight is 203 g/mol. The van der Waals surface area contributed by atoms with Crippen LogP contribution in [-0.4, -0.2) is 21.9 Å². The second-order valence-corrected chi connectivity index (χ2v) is 3.15. The fourth-order valence-electron chi connectivity index (χ4n) is 1.44. The second-order valence-electron chi connectivity index (χ2n) is 3.15. The summed E-state index contributed by atoms with van der Waals surface area (Å²) < 4.78 is 7.07. The molecule has 0 saturated carbocycles. The molecule has 15 heavy (non-hydrogen) atoms. The van der Waals surface area contributed by atoms with Gasteiger partial charge in [0, 0.05) is 30.7 Å². The second kappa shape index (κ2) is 4.13. The summed E-state index contributed by atoms with van der Waals surface area (Å²) in [5, 5.41) is 4.29. The Morgan fingerprint density at radius 3 is 2.93 bits per heavy atom. The van der Waals surface area contributed by atoms with Gasteiger partial charge in [0.05, 0.1) is 12.7 Å². The molecule has 0 N–H and O–H groups in total. The number of rotatable bonds is 3. The third kappa shape index (κ3) is 1.83. The highest BCUT2D eigenvalue weighted by Crippen LogP contribution is 2.27. The molecule has 0 aromatic carbocycles. The monoisotopic (exact) mass is 203 g/mol. The lowest BCUT2D eigenvalue weighted by Gasteiger charge is -1.98. The molecule has 0 aliphatic rings. The summed E-state index contributed by atoms with van der Waals surface area (Å²) >= 11 is 0. The number of aromatic nitrogens is 3. The Morgan fingerprint density at radius 2 is 2.33 bits per heavy atom. The van der Waals surface area contributed by atoms with Crippen molar-refractivity contribution < 1.29 is 4.74 Å². The summed E-state index contributed by atoms with van der Waals surface area (Å²) in [6.45, 7) is 2.87. The van der Waals surface area contributed by atoms with E-state index >= 15 is 0 Å². The van der Waals surface area contributed by atoms with Crippen molar-refractivity contribution in [2.75, 3.05) is 7.11 Å². The van der Waals surface area contributed by atoms with E-state index in [0.717, 1.165) is 17.7 Å². The molecule has 0 saturated heterocycles. The summed E-state index contributed by atoms with van der Waals surface area (Å²) in [7, 11) is 1.63. The van der Waals surface area contributed by atoms with Crippen LogP contribution in [0.5, 0.6) is 5.88 Å². The highest BCUT2D eigenvalue weighted by molar-refractivity contribution is 5.66. The first kappa shape index (κ1) is 9.71. The van der Waals surface area contributed by atoms with Crippen LogP contribution >= 0.6 is 0 Å². The van der Waals surface area contributed by atoms with E-state index in [1.807, 2.05) is 29.9 Å². The van der Waals surface area contributed by atoms with E-state index in [9.17, 15) is 0 Å². The first-order valence-corrected chi connectivity index (χ1v) is 4.87. The van der Waals surface area contributed by atoms with Gasteiger partial charge in [-0.15, -0.1) is 5.10 Å². The van der Waals surface area contributed by atoms with Crippen LogP contribution in [0.1, 0.15) is 6.92 Å². The maximum atomic E-state index is 5.22. The number of aryl methyl sites for hydroxylation is 1. The zero-order chi connectivity index (χ0) is 10.7. The number of pyridine rings is 1. The predicted molar refractivity (Wildman–Crippen MR) is 57.7 cm³/mol. The number of methoxy groups -OCH3 is 1. The van der Waals surface area contributed by atoms with Gasteiger partial charge in [-0.25, -0.2) is 0 Å². The van der Waals surface area contributed by atoms with Gasteiger partial charge in [-0.2, -0.15) is 0 Å². The van der Waals surface area contributed by atoms with Gasteiger partial charge in [-0.3, -0.25) is 9.67 Å². The Labute approximate surface area is 88.5 Å². The van der Waals surface area contributed by atoms with Crippen LogP contribution < -0.4 is 4.74 Å². The zero-order valence-corrected chi connectivity index (χ0v) is 8.84. The largest absolute Gasteiger partial charge is 0.479 e. The molecule has 2 rings (SSSR count). The standard InChI is InChI=1S/C11H13N3O/c1-3-14-8-10(11(13-14)15-2)9-5-4-6-12-7-9/h4-8H,3H2,1-2H3. The molecule has 0 aliphatic carbocycles. The van der Waals surface area contributed by atoms with Gasteiger partial charge in [-0.1, -0.05) is 6.07 Å². The molecular weight excluding hydrogens is 190 g/mol. The Kier molecular flexibility index (Phi) is 2.67. The summed E-state index contributed by atoms with van der Waals surface area (Å²) in [6.07, 6.45) is 5.52. The van der Waals surface area contributed by atoms with E-state index in [1.54, 1.807) is 19.5 Å². The van der Waals surface area contributed by atoms with Crippen molar-refractivity contribution in [3.63, 3.8) is 0 Å². The lowest BCUT2D eigenvalue weighted by molar-refractivity contribution is 0.390. The van der Waals surface area contributed by atoms with Crippen LogP contribution in [0.2, 0.25) is 0 Å². The molecule has 0 bridgehead atoms. The summed E-state index contributed by atoms with van der Waals surface area (Å²) in [5.41, 5.74) is 2.00. The van der Waals surface area contributed by atoms with Crippen molar-refractivity contribution in [2.24, 2.45) is 0 Å². The fourth-order valence-corrected chi connectivity index (χ4v) is 1.44. The van der Waals surface area contributed by atoms with Gasteiger partial charge in [0.25, 0.3) is 0 Å². The van der Waals surface area contributed by atoms with Gasteiger partial charge in [-0.05, 0) is 13.0 Å². The SMILES string of the molecule is CCn1cc(-c2cccnc2)c(OC)n1. The van der Waals surface area contributed by atoms with Gasteiger partial charge < -0.3 is 4.74 Å². The maximum Gasteiger partial charge on any atom is 0.240 e. The van der Waals surface area contributed by atoms with Crippen molar-refractivity contribution in [1.82, 2.24) is 14.8 Å². The van der Waals surface area contributed by atoms with Crippen LogP contribution in [0.25, 0.3) is 11.1 Å². The number of ether oxygens (including phenoxy) is 1. The molecule has 2 aromatic heterocycles. The average Bonchev–Trinajstić information content (AvgIpc) is 2.73. The maximum absolute atomic E-state index is 5.22. The van der Waals surface area contributed by atoms with Crippen LogP contribution in [0.4, 0.5) is 0 Å². The Bertz CT molecular complexity index is 436. The lowest BCUT2D eigenvalue weighted by Crippen LogP contribution is -1.94. The Balaban J connectivity index is 2.47. The molecule has 0 atom stereocenters. The Hall–Kier alpha value is -1.84. The summed E-state index contributed by atoms with van der Waals surface area (Å²) in [4.78, 5) is 4.08. The Morgan fingerprint density at radius 1 is 1.47 bits per heavy atom. The fraction of sp³-hybridized carbons (Fsp3) is 0.273. The lowest BCUT2D eigenvalue weighted by atomic mass is 10.1. The highest BCUT2D eigenvalue weighted by atomic mass is 16.5. The van der Waals surface area contributed by atoms with Crippen molar-refractivity contribution in [3.05, 3.63) is 30.7 Å². The summed E-state index contributed by atoms with van der Waals surface area (Å²) in [6, 6.07) is 3.89. The number of hydrogen-bond acceptors (Lipinski definition) is 3. The van der Waals surface area contributed by atoms with Gasteiger partial charge in [0.2, 0.25) is 5.88 Å². The number of nitrogens with zero attached hydrogens (tertiary/aromatic N) is 3. The third-order valence-electron chi connectivity index (χ3n) is 2.22. The minimum absolute atomic E-state index is 0.643. The van der Waals surface area contributed by atoms with Crippen LogP contribution in [-0.2, 0) is 6.54 Å². The van der Waals surface area contributed by atoms with Crippen LogP contribution in [0.3, 0.4) is 0 Å². The molecule has 0 unspecified atom stereocenters. The van der Waals surface area contributed by atoms with Crippen molar-refractivity contribution in [1.29, 1.82) is 0 Å². The highest BCUT2D eigenvalue weighted by Gasteiger charge is 2.10. The summed E-state index contributed by atoms with van der Waals surface area (Å²) in [5.74, 6) is 0.643. The molecule has 78 valence electrons. The molecule has 4 nitrogen and oxygen atoms in total. The van der Waals surface area contributed by atoms with E-state index in [0.29, 0.717) is 5.88 Å². The van der Waals surface area contributed by atoms with Crippen molar-refractivity contribution in [3.8, 4) is 17.0 Å². The first-order chi connectivity index (χ1) is 7.35. The zero-order valence-electron chi connectivity index (χ0n) is 8.84. The molecular formula is C11H13N3O. The molecule has 4 heteroatoms. The minimum Gasteiger partial charge on any atom is -0.479 e. The van der Waals surface area contributed by atoms with Gasteiger partial charge >= 0.3 is 0 Å². The van der Waals surface area contributed by atoms with E-state index in [4.69, 9.17) is 4.74 Å². The van der Waals surface area contributed by atoms with Gasteiger partial charge in [0.15, 0.2) is 0 Å². The molecule has 0 radical (unpaired) electrons. The van der Waals surface area contributed by atoms with Crippen LogP contribution in [0.15, 0.2) is 30.7 Å². The van der Waals surface area contributed by atoms with E-state index in [-0.39, 0.29) is 0 Å². The minimum atomic E-state index is 0.643. The normalized spacial score (nSPS) is 10.3. The quantitative estimate of drug-likeness (QED) is 0.765. The van der Waals surface area contributed by atoms with E-state index in [1.165, 1.54) is 0 Å². The first-order valence-electron chi connectivity index (χ1n) is 4.87. The molecule has 2 heterocycles. The van der Waals surface area contributed by atoms with Crippen LogP contribution in [0, 0.1) is 0 Å². The molecule has 0 aliphatic heterocycles. The van der Waals surface area contributed by atoms with E-state index in [2.05, 4.69) is 10.1 Å². The van der Waals surface area contributed by atoms with Crippen molar-refractivity contribution in [2.45, 2.75) is 13.5 Å².